The fourth-order valence-electron chi connectivity index (χ4n) is 2.21. The lowest BCUT2D eigenvalue weighted by Crippen LogP contribution is -2.17. The molecule has 1 heterocycles. The highest BCUT2D eigenvalue weighted by Crippen LogP contribution is 2.34. The molecule has 0 amide bonds. The largest absolute Gasteiger partial charge is 0.416 e. The molecule has 2 aromatic rings. The summed E-state index contributed by atoms with van der Waals surface area (Å²) >= 11 is 1.39. The van der Waals surface area contributed by atoms with Crippen LogP contribution in [0.2, 0.25) is 0 Å². The van der Waals surface area contributed by atoms with Crippen LogP contribution < -0.4 is 5.32 Å². The predicted octanol–water partition coefficient (Wildman–Crippen LogP) is 5.55. The van der Waals surface area contributed by atoms with Crippen LogP contribution in [0.25, 0.3) is 10.2 Å². The highest BCUT2D eigenvalue weighted by Gasteiger charge is 2.30. The van der Waals surface area contributed by atoms with Crippen LogP contribution in [0.3, 0.4) is 0 Å². The zero-order chi connectivity index (χ0) is 15.6. The van der Waals surface area contributed by atoms with E-state index in [4.69, 9.17) is 0 Å². The van der Waals surface area contributed by atoms with Crippen LogP contribution in [0, 0.1) is 5.92 Å². The first-order chi connectivity index (χ1) is 9.79. The molecule has 2 nitrogen and oxygen atoms in total. The third-order valence-corrected chi connectivity index (χ3v) is 4.51. The van der Waals surface area contributed by atoms with Crippen molar-refractivity contribution in [2.45, 2.75) is 45.8 Å². The Bertz CT molecular complexity index is 606. The van der Waals surface area contributed by atoms with Gasteiger partial charge in [-0.05, 0) is 37.5 Å². The maximum Gasteiger partial charge on any atom is 0.416 e. The Hall–Kier alpha value is -1.30. The van der Waals surface area contributed by atoms with Crippen LogP contribution in [0.5, 0.6) is 0 Å². The summed E-state index contributed by atoms with van der Waals surface area (Å²) in [5.74, 6) is 0.610. The number of aromatic nitrogens is 1. The predicted molar refractivity (Wildman–Crippen MR) is 81.8 cm³/mol. The highest BCUT2D eigenvalue weighted by molar-refractivity contribution is 7.22. The number of hydrogen-bond donors (Lipinski definition) is 1. The number of nitrogens with zero attached hydrogens (tertiary/aromatic N) is 1. The number of halogens is 3. The first-order valence-electron chi connectivity index (χ1n) is 7.04. The second-order valence-electron chi connectivity index (χ2n) is 5.49. The van der Waals surface area contributed by atoms with Crippen molar-refractivity contribution < 1.29 is 13.2 Å². The molecule has 0 saturated heterocycles. The van der Waals surface area contributed by atoms with Gasteiger partial charge in [0.25, 0.3) is 0 Å². The molecule has 1 aromatic carbocycles. The molecule has 0 radical (unpaired) electrons. The maximum atomic E-state index is 12.7. The van der Waals surface area contributed by atoms with E-state index in [9.17, 15) is 13.2 Å². The van der Waals surface area contributed by atoms with Gasteiger partial charge in [-0.3, -0.25) is 0 Å². The van der Waals surface area contributed by atoms with Crippen LogP contribution in [0.15, 0.2) is 18.2 Å². The minimum atomic E-state index is -4.32. The number of rotatable bonds is 5. The van der Waals surface area contributed by atoms with Crippen molar-refractivity contribution in [3.05, 3.63) is 23.8 Å². The summed E-state index contributed by atoms with van der Waals surface area (Å²) in [5.41, 5.74) is -0.257. The number of hydrogen-bond acceptors (Lipinski definition) is 3. The minimum absolute atomic E-state index is 0.252. The summed E-state index contributed by atoms with van der Waals surface area (Å²) in [6.07, 6.45) is -2.20. The smallest absolute Gasteiger partial charge is 0.359 e. The standard InChI is InChI=1S/C15H19F3N2S/c1-4-9(2)7-10(3)19-14-20-12-8-11(15(16,17)18)5-6-13(12)21-14/h5-6,8-10H,4,7H2,1-3H3,(H,19,20). The second kappa shape index (κ2) is 6.22. The fourth-order valence-corrected chi connectivity index (χ4v) is 3.16. The molecular weight excluding hydrogens is 297 g/mol. The lowest BCUT2D eigenvalue weighted by atomic mass is 10.0. The first kappa shape index (κ1) is 16.1. The Kier molecular flexibility index (Phi) is 4.76. The highest BCUT2D eigenvalue weighted by atomic mass is 32.1. The average molecular weight is 316 g/mol. The monoisotopic (exact) mass is 316 g/mol. The van der Waals surface area contributed by atoms with Gasteiger partial charge in [0.1, 0.15) is 0 Å². The maximum absolute atomic E-state index is 12.7. The topological polar surface area (TPSA) is 24.9 Å². The lowest BCUT2D eigenvalue weighted by molar-refractivity contribution is -0.137. The molecule has 1 aromatic heterocycles. The molecule has 6 heteroatoms. The van der Waals surface area contributed by atoms with E-state index in [0.717, 1.165) is 29.7 Å². The molecule has 116 valence electrons. The van der Waals surface area contributed by atoms with Crippen molar-refractivity contribution in [3.8, 4) is 0 Å². The number of nitrogens with one attached hydrogen (secondary N) is 1. The summed E-state index contributed by atoms with van der Waals surface area (Å²) < 4.78 is 38.8. The Balaban J connectivity index is 2.15. The zero-order valence-electron chi connectivity index (χ0n) is 12.3. The number of fused-ring (bicyclic) bond motifs is 1. The fraction of sp³-hybridized carbons (Fsp3) is 0.533. The van der Waals surface area contributed by atoms with Crippen molar-refractivity contribution in [3.63, 3.8) is 0 Å². The van der Waals surface area contributed by atoms with Crippen LogP contribution in [-0.4, -0.2) is 11.0 Å². The Morgan fingerprint density at radius 2 is 2.00 bits per heavy atom. The molecule has 0 bridgehead atoms. The van der Waals surface area contributed by atoms with Crippen molar-refractivity contribution in [1.29, 1.82) is 0 Å². The summed E-state index contributed by atoms with van der Waals surface area (Å²) in [5, 5.41) is 3.96. The number of thiazole rings is 1. The Labute approximate surface area is 126 Å². The van der Waals surface area contributed by atoms with Crippen molar-refractivity contribution in [2.75, 3.05) is 5.32 Å². The van der Waals surface area contributed by atoms with E-state index in [1.807, 2.05) is 0 Å². The van der Waals surface area contributed by atoms with Crippen molar-refractivity contribution in [1.82, 2.24) is 4.98 Å². The molecule has 0 spiro atoms. The molecule has 1 N–H and O–H groups in total. The van der Waals surface area contributed by atoms with E-state index in [1.54, 1.807) is 0 Å². The molecule has 0 fully saturated rings. The zero-order valence-corrected chi connectivity index (χ0v) is 13.1. The molecule has 0 aliphatic carbocycles. The quantitative estimate of drug-likeness (QED) is 0.782. The van der Waals surface area contributed by atoms with Gasteiger partial charge in [-0.15, -0.1) is 0 Å². The summed E-state index contributed by atoms with van der Waals surface area (Å²) in [6, 6.07) is 3.95. The van der Waals surface area contributed by atoms with E-state index >= 15 is 0 Å². The van der Waals surface area contributed by atoms with Gasteiger partial charge in [0.15, 0.2) is 5.13 Å². The van der Waals surface area contributed by atoms with E-state index in [1.165, 1.54) is 17.4 Å². The lowest BCUT2D eigenvalue weighted by Gasteiger charge is -2.16. The van der Waals surface area contributed by atoms with Gasteiger partial charge in [0.2, 0.25) is 0 Å². The van der Waals surface area contributed by atoms with E-state index < -0.39 is 11.7 Å². The summed E-state index contributed by atoms with van der Waals surface area (Å²) in [6.45, 7) is 6.40. The molecule has 2 atom stereocenters. The van der Waals surface area contributed by atoms with Gasteiger partial charge >= 0.3 is 6.18 Å². The second-order valence-corrected chi connectivity index (χ2v) is 6.52. The van der Waals surface area contributed by atoms with Gasteiger partial charge in [-0.25, -0.2) is 4.98 Å². The van der Waals surface area contributed by atoms with Gasteiger partial charge in [0, 0.05) is 6.04 Å². The Morgan fingerprint density at radius 1 is 1.29 bits per heavy atom. The third kappa shape index (κ3) is 4.09. The van der Waals surface area contributed by atoms with Gasteiger partial charge in [-0.2, -0.15) is 13.2 Å². The van der Waals surface area contributed by atoms with E-state index in [2.05, 4.69) is 31.1 Å². The molecule has 0 saturated carbocycles. The van der Waals surface area contributed by atoms with Crippen LogP contribution in [0.1, 0.15) is 39.2 Å². The molecule has 0 aliphatic heterocycles. The van der Waals surface area contributed by atoms with E-state index in [-0.39, 0.29) is 6.04 Å². The van der Waals surface area contributed by atoms with Gasteiger partial charge in [-0.1, -0.05) is 31.6 Å². The minimum Gasteiger partial charge on any atom is -0.359 e. The number of alkyl halides is 3. The molecular formula is C15H19F3N2S. The van der Waals surface area contributed by atoms with Gasteiger partial charge < -0.3 is 5.32 Å². The van der Waals surface area contributed by atoms with Crippen LogP contribution in [-0.2, 0) is 6.18 Å². The molecule has 0 aliphatic rings. The first-order valence-corrected chi connectivity index (χ1v) is 7.85. The van der Waals surface area contributed by atoms with Gasteiger partial charge in [0.05, 0.1) is 15.8 Å². The Morgan fingerprint density at radius 3 is 2.62 bits per heavy atom. The molecule has 21 heavy (non-hydrogen) atoms. The molecule has 2 unspecified atom stereocenters. The normalized spacial score (nSPS) is 15.1. The SMILES string of the molecule is CCC(C)CC(C)Nc1nc2cc(C(F)(F)F)ccc2s1. The average Bonchev–Trinajstić information content (AvgIpc) is 2.78. The van der Waals surface area contributed by atoms with Crippen LogP contribution >= 0.6 is 11.3 Å². The molecule has 2 rings (SSSR count). The number of anilines is 1. The van der Waals surface area contributed by atoms with Crippen LogP contribution in [0.4, 0.5) is 18.3 Å². The third-order valence-electron chi connectivity index (χ3n) is 3.54. The summed E-state index contributed by atoms with van der Waals surface area (Å²) in [4.78, 5) is 4.27. The van der Waals surface area contributed by atoms with E-state index in [0.29, 0.717) is 16.6 Å². The number of benzene rings is 1. The van der Waals surface area contributed by atoms with Crippen molar-refractivity contribution in [2.24, 2.45) is 5.92 Å². The summed E-state index contributed by atoms with van der Waals surface area (Å²) in [7, 11) is 0. The van der Waals surface area contributed by atoms with Crippen molar-refractivity contribution >= 4 is 26.7 Å².